The minimum atomic E-state index is -0.0272. The summed E-state index contributed by atoms with van der Waals surface area (Å²) < 4.78 is 5.48. The van der Waals surface area contributed by atoms with Gasteiger partial charge in [-0.25, -0.2) is 0 Å². The van der Waals surface area contributed by atoms with Crippen LogP contribution in [0, 0.1) is 0 Å². The molecule has 1 aliphatic heterocycles. The van der Waals surface area contributed by atoms with Gasteiger partial charge in [-0.3, -0.25) is 9.59 Å². The molecule has 5 heteroatoms. The largest absolute Gasteiger partial charge is 0.375 e. The molecule has 1 atom stereocenters. The summed E-state index contributed by atoms with van der Waals surface area (Å²) in [6.07, 6.45) is 2.22. The molecule has 148 valence electrons. The van der Waals surface area contributed by atoms with E-state index in [1.54, 1.807) is 24.3 Å². The van der Waals surface area contributed by atoms with Crippen LogP contribution in [-0.4, -0.2) is 42.5 Å². The summed E-state index contributed by atoms with van der Waals surface area (Å²) in [5, 5.41) is 2.90. The van der Waals surface area contributed by atoms with Crippen LogP contribution in [-0.2, 0) is 22.4 Å². The van der Waals surface area contributed by atoms with Gasteiger partial charge in [-0.1, -0.05) is 31.2 Å². The molecule has 1 heterocycles. The van der Waals surface area contributed by atoms with Crippen molar-refractivity contribution in [2.45, 2.75) is 39.2 Å². The molecule has 1 N–H and O–H groups in total. The molecule has 1 unspecified atom stereocenters. The highest BCUT2D eigenvalue weighted by atomic mass is 16.5. The predicted octanol–water partition coefficient (Wildman–Crippen LogP) is 3.68. The van der Waals surface area contributed by atoms with E-state index in [0.717, 1.165) is 12.0 Å². The Kier molecular flexibility index (Phi) is 6.82. The molecule has 28 heavy (non-hydrogen) atoms. The van der Waals surface area contributed by atoms with Gasteiger partial charge in [-0.2, -0.15) is 0 Å². The lowest BCUT2D eigenvalue weighted by atomic mass is 10.1. The van der Waals surface area contributed by atoms with E-state index >= 15 is 0 Å². The fourth-order valence-corrected chi connectivity index (χ4v) is 3.30. The Balaban J connectivity index is 1.50. The van der Waals surface area contributed by atoms with Crippen LogP contribution in [0.25, 0.3) is 0 Å². The third-order valence-corrected chi connectivity index (χ3v) is 5.02. The minimum Gasteiger partial charge on any atom is -0.375 e. The maximum atomic E-state index is 12.6. The molecule has 1 saturated heterocycles. The molecule has 1 fully saturated rings. The van der Waals surface area contributed by atoms with Gasteiger partial charge in [0.15, 0.2) is 0 Å². The highest BCUT2D eigenvalue weighted by Crippen LogP contribution is 2.15. The van der Waals surface area contributed by atoms with Crippen molar-refractivity contribution in [3.63, 3.8) is 0 Å². The molecule has 0 aromatic heterocycles. The molecule has 2 amide bonds. The van der Waals surface area contributed by atoms with Gasteiger partial charge in [-0.05, 0) is 55.2 Å². The Hall–Kier alpha value is -2.66. The number of hydrogen-bond donors (Lipinski definition) is 1. The van der Waals surface area contributed by atoms with Gasteiger partial charge in [0.2, 0.25) is 5.91 Å². The number of morpholine rings is 1. The topological polar surface area (TPSA) is 58.6 Å². The number of aryl methyl sites for hydroxylation is 2. The van der Waals surface area contributed by atoms with Gasteiger partial charge in [0.05, 0.1) is 12.7 Å². The average molecular weight is 380 g/mol. The van der Waals surface area contributed by atoms with E-state index in [4.69, 9.17) is 4.74 Å². The zero-order valence-electron chi connectivity index (χ0n) is 16.6. The number of rotatable bonds is 6. The van der Waals surface area contributed by atoms with Crippen LogP contribution < -0.4 is 5.32 Å². The number of anilines is 1. The van der Waals surface area contributed by atoms with Crippen LogP contribution in [0.15, 0.2) is 48.5 Å². The summed E-state index contributed by atoms with van der Waals surface area (Å²) >= 11 is 0. The van der Waals surface area contributed by atoms with Crippen molar-refractivity contribution in [3.05, 3.63) is 65.2 Å². The van der Waals surface area contributed by atoms with E-state index in [1.165, 1.54) is 5.56 Å². The fourth-order valence-electron chi connectivity index (χ4n) is 3.30. The van der Waals surface area contributed by atoms with Gasteiger partial charge in [-0.15, -0.1) is 0 Å². The van der Waals surface area contributed by atoms with Crippen molar-refractivity contribution in [1.82, 2.24) is 4.90 Å². The van der Waals surface area contributed by atoms with Crippen molar-refractivity contribution >= 4 is 17.5 Å². The molecule has 2 aromatic rings. The van der Waals surface area contributed by atoms with Crippen LogP contribution >= 0.6 is 0 Å². The third-order valence-electron chi connectivity index (χ3n) is 5.02. The average Bonchev–Trinajstić information content (AvgIpc) is 2.72. The Morgan fingerprint density at radius 1 is 1.07 bits per heavy atom. The van der Waals surface area contributed by atoms with E-state index in [9.17, 15) is 9.59 Å². The van der Waals surface area contributed by atoms with Crippen molar-refractivity contribution in [1.29, 1.82) is 0 Å². The second-order valence-corrected chi connectivity index (χ2v) is 7.23. The Bertz CT molecular complexity index is 800. The standard InChI is InChI=1S/C23H28N2O3/c1-3-18-4-6-19(7-5-18)8-13-22(26)24-21-11-9-20(10-12-21)23(27)25-14-15-28-17(2)16-25/h4-7,9-12,17H,3,8,13-16H2,1-2H3,(H,24,26). The van der Waals surface area contributed by atoms with Gasteiger partial charge in [0.1, 0.15) is 0 Å². The first-order valence-corrected chi connectivity index (χ1v) is 9.93. The highest BCUT2D eigenvalue weighted by Gasteiger charge is 2.22. The van der Waals surface area contributed by atoms with E-state index in [1.807, 2.05) is 11.8 Å². The Labute approximate surface area is 166 Å². The predicted molar refractivity (Wildman–Crippen MR) is 111 cm³/mol. The van der Waals surface area contributed by atoms with E-state index in [2.05, 4.69) is 36.5 Å². The van der Waals surface area contributed by atoms with Gasteiger partial charge in [0.25, 0.3) is 5.91 Å². The number of benzene rings is 2. The van der Waals surface area contributed by atoms with E-state index < -0.39 is 0 Å². The molecule has 1 aliphatic rings. The molecule has 2 aromatic carbocycles. The van der Waals surface area contributed by atoms with Crippen LogP contribution in [0.4, 0.5) is 5.69 Å². The Morgan fingerprint density at radius 2 is 1.75 bits per heavy atom. The first kappa shape index (κ1) is 20.1. The molecule has 5 nitrogen and oxygen atoms in total. The summed E-state index contributed by atoms with van der Waals surface area (Å²) in [6.45, 7) is 5.89. The molecular formula is C23H28N2O3. The lowest BCUT2D eigenvalue weighted by Crippen LogP contribution is -2.44. The first-order chi connectivity index (χ1) is 13.5. The van der Waals surface area contributed by atoms with Crippen LogP contribution in [0.3, 0.4) is 0 Å². The molecule has 0 aliphatic carbocycles. The number of carbonyl (C=O) groups excluding carboxylic acids is 2. The van der Waals surface area contributed by atoms with Gasteiger partial charge < -0.3 is 15.0 Å². The molecule has 0 spiro atoms. The monoisotopic (exact) mass is 380 g/mol. The quantitative estimate of drug-likeness (QED) is 0.832. The SMILES string of the molecule is CCc1ccc(CCC(=O)Nc2ccc(C(=O)N3CCOC(C)C3)cc2)cc1. The highest BCUT2D eigenvalue weighted by molar-refractivity contribution is 5.96. The lowest BCUT2D eigenvalue weighted by Gasteiger charge is -2.31. The number of nitrogens with zero attached hydrogens (tertiary/aromatic N) is 1. The van der Waals surface area contributed by atoms with Crippen LogP contribution in [0.5, 0.6) is 0 Å². The molecule has 0 bridgehead atoms. The number of hydrogen-bond acceptors (Lipinski definition) is 3. The van der Waals surface area contributed by atoms with Crippen LogP contribution in [0.1, 0.15) is 41.8 Å². The van der Waals surface area contributed by atoms with Crippen molar-refractivity contribution in [3.8, 4) is 0 Å². The summed E-state index contributed by atoms with van der Waals surface area (Å²) in [7, 11) is 0. The number of amides is 2. The Morgan fingerprint density at radius 3 is 2.39 bits per heavy atom. The lowest BCUT2D eigenvalue weighted by molar-refractivity contribution is -0.116. The van der Waals surface area contributed by atoms with Crippen molar-refractivity contribution < 1.29 is 14.3 Å². The molecule has 0 radical (unpaired) electrons. The molecule has 3 rings (SSSR count). The van der Waals surface area contributed by atoms with Crippen LogP contribution in [0.2, 0.25) is 0 Å². The summed E-state index contributed by atoms with van der Waals surface area (Å²) in [5.41, 5.74) is 3.80. The van der Waals surface area contributed by atoms with Gasteiger partial charge in [0, 0.05) is 30.8 Å². The van der Waals surface area contributed by atoms with Crippen molar-refractivity contribution in [2.24, 2.45) is 0 Å². The van der Waals surface area contributed by atoms with Gasteiger partial charge >= 0.3 is 0 Å². The van der Waals surface area contributed by atoms with Crippen molar-refractivity contribution in [2.75, 3.05) is 25.0 Å². The zero-order valence-corrected chi connectivity index (χ0v) is 16.6. The number of nitrogens with one attached hydrogen (secondary N) is 1. The smallest absolute Gasteiger partial charge is 0.254 e. The molecule has 0 saturated carbocycles. The second-order valence-electron chi connectivity index (χ2n) is 7.23. The maximum Gasteiger partial charge on any atom is 0.254 e. The third kappa shape index (κ3) is 5.42. The normalized spacial score (nSPS) is 16.6. The summed E-state index contributed by atoms with van der Waals surface area (Å²) in [6, 6.07) is 15.5. The van der Waals surface area contributed by atoms with E-state index in [-0.39, 0.29) is 17.9 Å². The number of carbonyl (C=O) groups is 2. The fraction of sp³-hybridized carbons (Fsp3) is 0.391. The summed E-state index contributed by atoms with van der Waals surface area (Å²) in [5.74, 6) is -0.0239. The van der Waals surface area contributed by atoms with E-state index in [0.29, 0.717) is 43.8 Å². The summed E-state index contributed by atoms with van der Waals surface area (Å²) in [4.78, 5) is 26.6. The number of ether oxygens (including phenoxy) is 1. The maximum absolute atomic E-state index is 12.6. The zero-order chi connectivity index (χ0) is 19.9. The minimum absolute atomic E-state index is 0.00329. The first-order valence-electron chi connectivity index (χ1n) is 9.93. The second kappa shape index (κ2) is 9.51. The molecular weight excluding hydrogens is 352 g/mol.